The predicted molar refractivity (Wildman–Crippen MR) is 52.9 cm³/mol. The van der Waals surface area contributed by atoms with Crippen LogP contribution >= 0.6 is 0 Å². The van der Waals surface area contributed by atoms with Crippen molar-refractivity contribution >= 4 is 17.8 Å². The van der Waals surface area contributed by atoms with E-state index in [0.717, 1.165) is 0 Å². The first-order chi connectivity index (χ1) is 6.88. The van der Waals surface area contributed by atoms with Crippen molar-refractivity contribution in [3.05, 3.63) is 0 Å². The second kappa shape index (κ2) is 6.00. The van der Waals surface area contributed by atoms with Crippen molar-refractivity contribution in [1.29, 1.82) is 0 Å². The number of hydrogen-bond donors (Lipinski definition) is 2. The normalized spacial score (nSPS) is 13.6. The number of methoxy groups -OCH3 is 1. The number of rotatable bonds is 4. The predicted octanol–water partition coefficient (Wildman–Crippen LogP) is -0.811. The van der Waals surface area contributed by atoms with Gasteiger partial charge in [0.05, 0.1) is 7.11 Å². The molecule has 6 nitrogen and oxygen atoms in total. The minimum atomic E-state index is -0.723. The number of carbonyl (C=O) groups excluding carboxylic acids is 3. The van der Waals surface area contributed by atoms with Gasteiger partial charge in [-0.1, -0.05) is 0 Å². The molecule has 2 unspecified atom stereocenters. The van der Waals surface area contributed by atoms with Gasteiger partial charge < -0.3 is 15.4 Å². The fourth-order valence-corrected chi connectivity index (χ4v) is 0.945. The van der Waals surface area contributed by atoms with Crippen LogP contribution in [0.25, 0.3) is 0 Å². The molecule has 0 aliphatic rings. The van der Waals surface area contributed by atoms with Gasteiger partial charge in [-0.3, -0.25) is 9.59 Å². The van der Waals surface area contributed by atoms with E-state index in [1.54, 1.807) is 0 Å². The number of ether oxygens (including phenoxy) is 1. The molecular weight excluding hydrogens is 200 g/mol. The summed E-state index contributed by atoms with van der Waals surface area (Å²) in [5.41, 5.74) is 0. The lowest BCUT2D eigenvalue weighted by Gasteiger charge is -2.16. The molecule has 0 fully saturated rings. The Morgan fingerprint density at radius 1 is 1.07 bits per heavy atom. The summed E-state index contributed by atoms with van der Waals surface area (Å²) in [5.74, 6) is -1.26. The van der Waals surface area contributed by atoms with Crippen molar-refractivity contribution < 1.29 is 19.1 Å². The van der Waals surface area contributed by atoms with Crippen LogP contribution in [0, 0.1) is 0 Å². The van der Waals surface area contributed by atoms with Crippen LogP contribution in [0.1, 0.15) is 20.8 Å². The summed E-state index contributed by atoms with van der Waals surface area (Å²) in [7, 11) is 1.24. The van der Waals surface area contributed by atoms with E-state index in [4.69, 9.17) is 0 Å². The molecule has 0 aliphatic carbocycles. The Kier molecular flexibility index (Phi) is 5.36. The summed E-state index contributed by atoms with van der Waals surface area (Å²) in [6, 6.07) is -1.40. The van der Waals surface area contributed by atoms with Gasteiger partial charge in [-0.25, -0.2) is 4.79 Å². The Hall–Kier alpha value is -1.59. The van der Waals surface area contributed by atoms with E-state index < -0.39 is 24.0 Å². The molecule has 6 heteroatoms. The van der Waals surface area contributed by atoms with E-state index in [-0.39, 0.29) is 5.91 Å². The zero-order valence-electron chi connectivity index (χ0n) is 9.29. The van der Waals surface area contributed by atoms with Crippen LogP contribution in [0.15, 0.2) is 0 Å². The van der Waals surface area contributed by atoms with Gasteiger partial charge in [-0.15, -0.1) is 0 Å². The summed E-state index contributed by atoms with van der Waals surface area (Å²) in [5, 5.41) is 4.81. The highest BCUT2D eigenvalue weighted by Gasteiger charge is 2.20. The first-order valence-electron chi connectivity index (χ1n) is 4.53. The zero-order chi connectivity index (χ0) is 12.0. The van der Waals surface area contributed by atoms with Crippen molar-refractivity contribution in [1.82, 2.24) is 10.6 Å². The smallest absolute Gasteiger partial charge is 0.328 e. The monoisotopic (exact) mass is 216 g/mol. The Balaban J connectivity index is 4.12. The molecule has 0 aromatic carbocycles. The van der Waals surface area contributed by atoms with E-state index in [2.05, 4.69) is 15.4 Å². The van der Waals surface area contributed by atoms with E-state index in [9.17, 15) is 14.4 Å². The van der Waals surface area contributed by atoms with Crippen molar-refractivity contribution in [3.8, 4) is 0 Å². The molecule has 0 aromatic heterocycles. The quantitative estimate of drug-likeness (QED) is 0.602. The minimum Gasteiger partial charge on any atom is -0.467 e. The van der Waals surface area contributed by atoms with Gasteiger partial charge in [0.1, 0.15) is 12.1 Å². The van der Waals surface area contributed by atoms with Crippen LogP contribution in [0.2, 0.25) is 0 Å². The van der Waals surface area contributed by atoms with E-state index >= 15 is 0 Å². The number of hydrogen-bond acceptors (Lipinski definition) is 4. The molecule has 0 spiro atoms. The Morgan fingerprint density at radius 3 is 2.00 bits per heavy atom. The van der Waals surface area contributed by atoms with Gasteiger partial charge in [0, 0.05) is 6.92 Å². The average molecular weight is 216 g/mol. The molecule has 2 atom stereocenters. The molecule has 0 aromatic rings. The fourth-order valence-electron chi connectivity index (χ4n) is 0.945. The highest BCUT2D eigenvalue weighted by molar-refractivity contribution is 5.89. The van der Waals surface area contributed by atoms with Gasteiger partial charge in [-0.2, -0.15) is 0 Å². The topological polar surface area (TPSA) is 84.5 Å². The lowest BCUT2D eigenvalue weighted by molar-refractivity contribution is -0.144. The standard InChI is InChI=1S/C9H16N2O4/c1-5(10-7(3)12)8(13)11-6(2)9(14)15-4/h5-6H,1-4H3,(H,10,12)(H,11,13). The molecule has 86 valence electrons. The SMILES string of the molecule is COC(=O)C(C)NC(=O)C(C)NC(C)=O. The molecule has 0 aliphatic heterocycles. The van der Waals surface area contributed by atoms with Crippen LogP contribution in [0.5, 0.6) is 0 Å². The van der Waals surface area contributed by atoms with Gasteiger partial charge >= 0.3 is 5.97 Å². The molecule has 2 N–H and O–H groups in total. The maximum Gasteiger partial charge on any atom is 0.328 e. The summed E-state index contributed by atoms with van der Waals surface area (Å²) in [6.45, 7) is 4.35. The lowest BCUT2D eigenvalue weighted by Crippen LogP contribution is -2.49. The molecule has 0 rings (SSSR count). The molecule has 15 heavy (non-hydrogen) atoms. The number of carbonyl (C=O) groups is 3. The third-order valence-electron chi connectivity index (χ3n) is 1.73. The van der Waals surface area contributed by atoms with Gasteiger partial charge in [-0.05, 0) is 13.8 Å². The van der Waals surface area contributed by atoms with Crippen LogP contribution < -0.4 is 10.6 Å². The van der Waals surface area contributed by atoms with Crippen molar-refractivity contribution in [2.45, 2.75) is 32.9 Å². The largest absolute Gasteiger partial charge is 0.467 e. The molecule has 0 heterocycles. The molecule has 0 bridgehead atoms. The highest BCUT2D eigenvalue weighted by atomic mass is 16.5. The Bertz CT molecular complexity index is 265. The van der Waals surface area contributed by atoms with Crippen molar-refractivity contribution in [2.24, 2.45) is 0 Å². The maximum absolute atomic E-state index is 11.4. The first-order valence-corrected chi connectivity index (χ1v) is 4.53. The molecular formula is C9H16N2O4. The lowest BCUT2D eigenvalue weighted by atomic mass is 10.2. The highest BCUT2D eigenvalue weighted by Crippen LogP contribution is 1.89. The van der Waals surface area contributed by atoms with Crippen LogP contribution in [0.4, 0.5) is 0 Å². The van der Waals surface area contributed by atoms with E-state index in [1.165, 1.54) is 27.9 Å². The summed E-state index contributed by atoms with van der Waals surface area (Å²) in [6.07, 6.45) is 0. The third-order valence-corrected chi connectivity index (χ3v) is 1.73. The Morgan fingerprint density at radius 2 is 1.60 bits per heavy atom. The van der Waals surface area contributed by atoms with Gasteiger partial charge in [0.15, 0.2) is 0 Å². The molecule has 0 radical (unpaired) electrons. The van der Waals surface area contributed by atoms with Crippen LogP contribution in [-0.2, 0) is 19.1 Å². The maximum atomic E-state index is 11.4. The third kappa shape index (κ3) is 4.99. The zero-order valence-corrected chi connectivity index (χ0v) is 9.29. The second-order valence-corrected chi connectivity index (χ2v) is 3.18. The molecule has 0 saturated heterocycles. The van der Waals surface area contributed by atoms with Crippen molar-refractivity contribution in [3.63, 3.8) is 0 Å². The molecule has 2 amide bonds. The Labute approximate surface area is 88.4 Å². The van der Waals surface area contributed by atoms with Gasteiger partial charge in [0.2, 0.25) is 11.8 Å². The molecule has 0 saturated carbocycles. The van der Waals surface area contributed by atoms with Crippen LogP contribution in [-0.4, -0.2) is 37.0 Å². The van der Waals surface area contributed by atoms with Gasteiger partial charge in [0.25, 0.3) is 0 Å². The van der Waals surface area contributed by atoms with Crippen LogP contribution in [0.3, 0.4) is 0 Å². The van der Waals surface area contributed by atoms with E-state index in [1.807, 2.05) is 0 Å². The number of nitrogens with one attached hydrogen (secondary N) is 2. The summed E-state index contributed by atoms with van der Waals surface area (Å²) >= 11 is 0. The number of esters is 1. The fraction of sp³-hybridized carbons (Fsp3) is 0.667. The first kappa shape index (κ1) is 13.4. The van der Waals surface area contributed by atoms with E-state index in [0.29, 0.717) is 0 Å². The summed E-state index contributed by atoms with van der Waals surface area (Å²) < 4.78 is 4.43. The summed E-state index contributed by atoms with van der Waals surface area (Å²) in [4.78, 5) is 33.0. The van der Waals surface area contributed by atoms with Crippen molar-refractivity contribution in [2.75, 3.05) is 7.11 Å². The average Bonchev–Trinajstić information content (AvgIpc) is 2.15. The number of amides is 2. The second-order valence-electron chi connectivity index (χ2n) is 3.18. The minimum absolute atomic E-state index is 0.302.